The van der Waals surface area contributed by atoms with Gasteiger partial charge in [-0.2, -0.15) is 9.49 Å². The topological polar surface area (TPSA) is 103 Å². The second kappa shape index (κ2) is 7.80. The smallest absolute Gasteiger partial charge is 0.281 e. The molecule has 3 aromatic heterocycles. The summed E-state index contributed by atoms with van der Waals surface area (Å²) >= 11 is 5.84. The number of halogens is 3. The summed E-state index contributed by atoms with van der Waals surface area (Å²) in [5, 5.41) is 6.58. The van der Waals surface area contributed by atoms with Crippen LogP contribution in [-0.2, 0) is 0 Å². The zero-order valence-corrected chi connectivity index (χ0v) is 16.9. The standard InChI is InChI=1S/C20H13ClF2N6O2/c1-9-5-14-17(26-10(9)2)19(30)18(20(31)27-16-8-24-15(23)7-25-16)28-29(14)13-4-3-11(21)6-12(13)22/h3-8H,1-2H3,(H,25,27,31). The number of amides is 1. The van der Waals surface area contributed by atoms with Gasteiger partial charge in [0.05, 0.1) is 17.9 Å². The van der Waals surface area contributed by atoms with Gasteiger partial charge in [-0.3, -0.25) is 9.59 Å². The molecule has 1 N–H and O–H groups in total. The molecule has 0 bridgehead atoms. The minimum absolute atomic E-state index is 0.0323. The first-order chi connectivity index (χ1) is 14.7. The van der Waals surface area contributed by atoms with Crippen molar-refractivity contribution in [1.29, 1.82) is 0 Å². The van der Waals surface area contributed by atoms with Crippen molar-refractivity contribution in [2.24, 2.45) is 0 Å². The molecule has 1 aromatic carbocycles. The van der Waals surface area contributed by atoms with Crippen LogP contribution in [0.4, 0.5) is 14.6 Å². The van der Waals surface area contributed by atoms with Crippen LogP contribution in [0.2, 0.25) is 5.02 Å². The SMILES string of the molecule is Cc1cc2c(nc1C)c(=O)c(C(=O)Nc1cnc(F)cn1)nn2-c1ccc(Cl)cc1F. The first kappa shape index (κ1) is 20.5. The number of aromatic nitrogens is 5. The van der Waals surface area contributed by atoms with Crippen molar-refractivity contribution in [2.45, 2.75) is 13.8 Å². The van der Waals surface area contributed by atoms with Gasteiger partial charge in [0.25, 0.3) is 5.91 Å². The number of anilines is 1. The van der Waals surface area contributed by atoms with E-state index in [1.165, 1.54) is 12.1 Å². The highest BCUT2D eigenvalue weighted by Gasteiger charge is 2.22. The molecule has 0 aliphatic rings. The summed E-state index contributed by atoms with van der Waals surface area (Å²) in [4.78, 5) is 37.1. The number of benzene rings is 1. The van der Waals surface area contributed by atoms with E-state index < -0.39 is 28.8 Å². The second-order valence-electron chi connectivity index (χ2n) is 6.62. The van der Waals surface area contributed by atoms with E-state index in [2.05, 4.69) is 25.4 Å². The monoisotopic (exact) mass is 442 g/mol. The van der Waals surface area contributed by atoms with Crippen molar-refractivity contribution >= 4 is 34.4 Å². The van der Waals surface area contributed by atoms with Crippen molar-refractivity contribution in [1.82, 2.24) is 24.7 Å². The minimum Gasteiger partial charge on any atom is -0.304 e. The van der Waals surface area contributed by atoms with Crippen LogP contribution in [-0.4, -0.2) is 30.6 Å². The lowest BCUT2D eigenvalue weighted by molar-refractivity contribution is 0.101. The Bertz CT molecular complexity index is 1410. The fourth-order valence-corrected chi connectivity index (χ4v) is 3.03. The third-order valence-electron chi connectivity index (χ3n) is 4.52. The maximum Gasteiger partial charge on any atom is 0.281 e. The van der Waals surface area contributed by atoms with E-state index >= 15 is 0 Å². The molecule has 0 radical (unpaired) electrons. The van der Waals surface area contributed by atoms with Gasteiger partial charge in [0.1, 0.15) is 17.0 Å². The molecule has 0 unspecified atom stereocenters. The maximum atomic E-state index is 14.7. The average Bonchev–Trinajstić information content (AvgIpc) is 2.72. The molecule has 31 heavy (non-hydrogen) atoms. The van der Waals surface area contributed by atoms with Gasteiger partial charge in [0.15, 0.2) is 11.5 Å². The van der Waals surface area contributed by atoms with Crippen molar-refractivity contribution < 1.29 is 13.6 Å². The minimum atomic E-state index is -0.934. The highest BCUT2D eigenvalue weighted by atomic mass is 35.5. The number of hydrogen-bond donors (Lipinski definition) is 1. The second-order valence-corrected chi connectivity index (χ2v) is 7.06. The third-order valence-corrected chi connectivity index (χ3v) is 4.75. The Morgan fingerprint density at radius 2 is 1.90 bits per heavy atom. The lowest BCUT2D eigenvalue weighted by Gasteiger charge is -2.14. The van der Waals surface area contributed by atoms with Gasteiger partial charge >= 0.3 is 0 Å². The first-order valence-electron chi connectivity index (χ1n) is 8.90. The quantitative estimate of drug-likeness (QED) is 0.522. The van der Waals surface area contributed by atoms with Crippen LogP contribution < -0.4 is 10.7 Å². The molecule has 0 fully saturated rings. The summed E-state index contributed by atoms with van der Waals surface area (Å²) in [6, 6.07) is 5.54. The van der Waals surface area contributed by atoms with Gasteiger partial charge in [0.2, 0.25) is 11.4 Å². The predicted octanol–water partition coefficient (Wildman–Crippen LogP) is 3.37. The Balaban J connectivity index is 1.95. The van der Waals surface area contributed by atoms with Crippen LogP contribution in [0.1, 0.15) is 21.7 Å². The number of carbonyl (C=O) groups is 1. The van der Waals surface area contributed by atoms with Gasteiger partial charge in [-0.05, 0) is 43.7 Å². The Hall–Kier alpha value is -3.79. The number of aryl methyl sites for hydroxylation is 2. The van der Waals surface area contributed by atoms with Crippen molar-refractivity contribution in [3.8, 4) is 5.69 Å². The van der Waals surface area contributed by atoms with Crippen LogP contribution >= 0.6 is 11.6 Å². The fourth-order valence-electron chi connectivity index (χ4n) is 2.87. The van der Waals surface area contributed by atoms with Gasteiger partial charge in [-0.15, -0.1) is 0 Å². The molecule has 1 amide bonds. The zero-order valence-electron chi connectivity index (χ0n) is 16.2. The maximum absolute atomic E-state index is 14.7. The number of fused-ring (bicyclic) bond motifs is 1. The molecule has 0 saturated carbocycles. The molecule has 0 aliphatic carbocycles. The van der Waals surface area contributed by atoms with E-state index in [1.807, 2.05) is 0 Å². The number of nitrogens with one attached hydrogen (secondary N) is 1. The molecule has 0 aliphatic heterocycles. The molecule has 0 spiro atoms. The van der Waals surface area contributed by atoms with Crippen LogP contribution in [0.3, 0.4) is 0 Å². The number of pyridine rings is 1. The van der Waals surface area contributed by atoms with E-state index in [4.69, 9.17) is 11.6 Å². The summed E-state index contributed by atoms with van der Waals surface area (Å²) in [6.07, 6.45) is 1.79. The van der Waals surface area contributed by atoms with E-state index in [0.29, 0.717) is 5.69 Å². The highest BCUT2D eigenvalue weighted by Crippen LogP contribution is 2.22. The lowest BCUT2D eigenvalue weighted by atomic mass is 10.1. The van der Waals surface area contributed by atoms with Crippen molar-refractivity contribution in [2.75, 3.05) is 5.32 Å². The molecule has 8 nitrogen and oxygen atoms in total. The summed E-state index contributed by atoms with van der Waals surface area (Å²) in [7, 11) is 0. The largest absolute Gasteiger partial charge is 0.304 e. The summed E-state index contributed by atoms with van der Waals surface area (Å²) in [5.74, 6) is -2.57. The van der Waals surface area contributed by atoms with E-state index in [0.717, 1.165) is 28.7 Å². The lowest BCUT2D eigenvalue weighted by Crippen LogP contribution is -2.28. The number of carbonyl (C=O) groups excluding carboxylic acids is 1. The Morgan fingerprint density at radius 1 is 1.13 bits per heavy atom. The number of hydrogen-bond acceptors (Lipinski definition) is 6. The normalized spacial score (nSPS) is 11.0. The van der Waals surface area contributed by atoms with Crippen molar-refractivity contribution in [3.63, 3.8) is 0 Å². The van der Waals surface area contributed by atoms with Gasteiger partial charge in [-0.25, -0.2) is 24.0 Å². The van der Waals surface area contributed by atoms with Crippen molar-refractivity contribution in [3.05, 3.63) is 80.6 Å². The summed E-state index contributed by atoms with van der Waals surface area (Å²) in [6.45, 7) is 3.48. The van der Waals surface area contributed by atoms with Gasteiger partial charge in [0, 0.05) is 10.7 Å². The van der Waals surface area contributed by atoms with Crippen LogP contribution in [0, 0.1) is 25.6 Å². The number of nitrogens with zero attached hydrogens (tertiary/aromatic N) is 5. The van der Waals surface area contributed by atoms with Crippen LogP contribution in [0.25, 0.3) is 16.7 Å². The molecule has 4 aromatic rings. The summed E-state index contributed by atoms with van der Waals surface area (Å²) in [5.41, 5.74) is 0.121. The molecular formula is C20H13ClF2N6O2. The fraction of sp³-hybridized carbons (Fsp3) is 0.100. The highest BCUT2D eigenvalue weighted by molar-refractivity contribution is 6.30. The van der Waals surface area contributed by atoms with E-state index in [1.54, 1.807) is 19.9 Å². The predicted molar refractivity (Wildman–Crippen MR) is 110 cm³/mol. The van der Waals surface area contributed by atoms with Crippen LogP contribution in [0.5, 0.6) is 0 Å². The Kier molecular flexibility index (Phi) is 5.15. The van der Waals surface area contributed by atoms with E-state index in [9.17, 15) is 18.4 Å². The number of rotatable bonds is 3. The molecule has 3 heterocycles. The summed E-state index contributed by atoms with van der Waals surface area (Å²) < 4.78 is 28.7. The zero-order chi connectivity index (χ0) is 22.3. The van der Waals surface area contributed by atoms with Gasteiger partial charge < -0.3 is 5.32 Å². The first-order valence-corrected chi connectivity index (χ1v) is 9.28. The van der Waals surface area contributed by atoms with E-state index in [-0.39, 0.29) is 27.6 Å². The molecule has 11 heteroatoms. The molecule has 4 rings (SSSR count). The third kappa shape index (κ3) is 3.84. The molecule has 0 atom stereocenters. The average molecular weight is 443 g/mol. The molecule has 0 saturated heterocycles. The Morgan fingerprint density at radius 3 is 2.58 bits per heavy atom. The van der Waals surface area contributed by atoms with Crippen LogP contribution in [0.15, 0.2) is 41.5 Å². The molecule has 156 valence electrons. The van der Waals surface area contributed by atoms with Gasteiger partial charge in [-0.1, -0.05) is 11.6 Å². The molecular weight excluding hydrogens is 430 g/mol. The Labute approximate surface area is 178 Å².